The molecular formula is C25H24N4. The molecule has 4 aromatic rings. The highest BCUT2D eigenvalue weighted by Gasteiger charge is 2.08. The summed E-state index contributed by atoms with van der Waals surface area (Å²) < 4.78 is 0. The smallest absolute Gasteiger partial charge is 0.0761 e. The Morgan fingerprint density at radius 1 is 0.931 bits per heavy atom. The molecule has 0 saturated heterocycles. The summed E-state index contributed by atoms with van der Waals surface area (Å²) in [4.78, 5) is 9.02. The van der Waals surface area contributed by atoms with Crippen molar-refractivity contribution in [3.63, 3.8) is 0 Å². The summed E-state index contributed by atoms with van der Waals surface area (Å²) in [6, 6.07) is 21.2. The average molecular weight is 380 g/mol. The third kappa shape index (κ3) is 4.18. The highest BCUT2D eigenvalue weighted by atomic mass is 14.9. The summed E-state index contributed by atoms with van der Waals surface area (Å²) in [7, 11) is 0. The van der Waals surface area contributed by atoms with E-state index in [1.54, 1.807) is 12.4 Å². The van der Waals surface area contributed by atoms with Gasteiger partial charge in [0.25, 0.3) is 0 Å². The lowest BCUT2D eigenvalue weighted by Gasteiger charge is -2.10. The molecule has 2 aromatic heterocycles. The third-order valence-corrected chi connectivity index (χ3v) is 4.91. The van der Waals surface area contributed by atoms with Gasteiger partial charge < -0.3 is 10.6 Å². The molecule has 0 aliphatic carbocycles. The maximum atomic E-state index is 4.81. The van der Waals surface area contributed by atoms with Crippen LogP contribution in [0.1, 0.15) is 12.5 Å². The van der Waals surface area contributed by atoms with E-state index in [4.69, 9.17) is 4.98 Å². The van der Waals surface area contributed by atoms with Gasteiger partial charge in [-0.25, -0.2) is 4.98 Å². The standard InChI is InChI=1S/C25H24N4/c1-3-26-16-18-5-7-19(8-6-18)20-9-11-21(12-10-20)24-15-25(28-4-2)22-17-27-14-13-23(22)29-24/h4-15,17,26H,2-3,16H2,1H3,(H,28,29). The normalized spacial score (nSPS) is 10.8. The van der Waals surface area contributed by atoms with Crippen LogP contribution in [-0.4, -0.2) is 16.5 Å². The molecule has 0 bridgehead atoms. The van der Waals surface area contributed by atoms with Crippen LogP contribution >= 0.6 is 0 Å². The summed E-state index contributed by atoms with van der Waals surface area (Å²) in [6.45, 7) is 7.78. The van der Waals surface area contributed by atoms with Gasteiger partial charge >= 0.3 is 0 Å². The fourth-order valence-corrected chi connectivity index (χ4v) is 3.36. The Kier molecular flexibility index (Phi) is 5.63. The van der Waals surface area contributed by atoms with Gasteiger partial charge in [-0.15, -0.1) is 0 Å². The number of anilines is 1. The van der Waals surface area contributed by atoms with Gasteiger partial charge in [0, 0.05) is 29.9 Å². The number of aromatic nitrogens is 2. The van der Waals surface area contributed by atoms with E-state index in [1.165, 1.54) is 16.7 Å². The molecule has 4 nitrogen and oxygen atoms in total. The fourth-order valence-electron chi connectivity index (χ4n) is 3.36. The number of hydrogen-bond donors (Lipinski definition) is 2. The van der Waals surface area contributed by atoms with Crippen molar-refractivity contribution < 1.29 is 0 Å². The van der Waals surface area contributed by atoms with Gasteiger partial charge in [-0.1, -0.05) is 62.0 Å². The van der Waals surface area contributed by atoms with Gasteiger partial charge in [-0.3, -0.25) is 4.98 Å². The monoisotopic (exact) mass is 380 g/mol. The van der Waals surface area contributed by atoms with Crippen molar-refractivity contribution in [1.29, 1.82) is 0 Å². The molecule has 2 N–H and O–H groups in total. The van der Waals surface area contributed by atoms with Crippen LogP contribution < -0.4 is 10.6 Å². The second-order valence-electron chi connectivity index (χ2n) is 6.85. The van der Waals surface area contributed by atoms with Crippen LogP contribution in [0.2, 0.25) is 0 Å². The SMILES string of the molecule is C=CNc1cc(-c2ccc(-c3ccc(CNCC)cc3)cc2)nc2ccncc12. The Balaban J connectivity index is 1.63. The molecule has 0 saturated carbocycles. The summed E-state index contributed by atoms with van der Waals surface area (Å²) in [5.74, 6) is 0. The first kappa shape index (κ1) is 18.8. The molecule has 29 heavy (non-hydrogen) atoms. The predicted octanol–water partition coefficient (Wildman–Crippen LogP) is 5.63. The Morgan fingerprint density at radius 3 is 2.31 bits per heavy atom. The number of fused-ring (bicyclic) bond motifs is 1. The first-order valence-electron chi connectivity index (χ1n) is 9.81. The summed E-state index contributed by atoms with van der Waals surface area (Å²) in [5, 5.41) is 7.53. The zero-order valence-electron chi connectivity index (χ0n) is 16.5. The largest absolute Gasteiger partial charge is 0.362 e. The van der Waals surface area contributed by atoms with Gasteiger partial charge in [0.2, 0.25) is 0 Å². The van der Waals surface area contributed by atoms with Gasteiger partial charge in [0.1, 0.15) is 0 Å². The minimum atomic E-state index is 0.903. The zero-order valence-corrected chi connectivity index (χ0v) is 16.5. The number of rotatable bonds is 7. The number of benzene rings is 2. The van der Waals surface area contributed by atoms with E-state index in [0.717, 1.165) is 40.9 Å². The van der Waals surface area contributed by atoms with E-state index in [0.29, 0.717) is 0 Å². The third-order valence-electron chi connectivity index (χ3n) is 4.91. The van der Waals surface area contributed by atoms with Crippen LogP contribution in [0.5, 0.6) is 0 Å². The Hall–Kier alpha value is -3.50. The molecule has 0 aliphatic rings. The van der Waals surface area contributed by atoms with Gasteiger partial charge in [-0.2, -0.15) is 0 Å². The van der Waals surface area contributed by atoms with Crippen molar-refractivity contribution in [2.75, 3.05) is 11.9 Å². The minimum Gasteiger partial charge on any atom is -0.362 e. The summed E-state index contributed by atoms with van der Waals surface area (Å²) in [5.41, 5.74) is 7.55. The predicted molar refractivity (Wildman–Crippen MR) is 122 cm³/mol. The van der Waals surface area contributed by atoms with Crippen molar-refractivity contribution in [3.8, 4) is 22.4 Å². The molecule has 0 fully saturated rings. The maximum absolute atomic E-state index is 4.81. The van der Waals surface area contributed by atoms with Gasteiger partial charge in [0.05, 0.1) is 16.9 Å². The molecular weight excluding hydrogens is 356 g/mol. The van der Waals surface area contributed by atoms with Gasteiger partial charge in [0.15, 0.2) is 0 Å². The van der Waals surface area contributed by atoms with E-state index >= 15 is 0 Å². The number of nitrogens with zero attached hydrogens (tertiary/aromatic N) is 2. The van der Waals surface area contributed by atoms with E-state index in [1.807, 2.05) is 18.3 Å². The lowest BCUT2D eigenvalue weighted by atomic mass is 10.0. The molecule has 4 heteroatoms. The molecule has 0 spiro atoms. The summed E-state index contributed by atoms with van der Waals surface area (Å²) >= 11 is 0. The number of pyridine rings is 2. The zero-order chi connectivity index (χ0) is 20.1. The minimum absolute atomic E-state index is 0.903. The highest BCUT2D eigenvalue weighted by molar-refractivity contribution is 5.93. The molecule has 0 amide bonds. The van der Waals surface area contributed by atoms with Crippen LogP contribution in [0.25, 0.3) is 33.3 Å². The molecule has 2 heterocycles. The second-order valence-corrected chi connectivity index (χ2v) is 6.85. The lowest BCUT2D eigenvalue weighted by molar-refractivity contribution is 0.727. The van der Waals surface area contributed by atoms with Crippen LogP contribution in [0, 0.1) is 0 Å². The highest BCUT2D eigenvalue weighted by Crippen LogP contribution is 2.29. The first-order valence-corrected chi connectivity index (χ1v) is 9.81. The quantitative estimate of drug-likeness (QED) is 0.436. The van der Waals surface area contributed by atoms with Crippen LogP contribution in [0.4, 0.5) is 5.69 Å². The van der Waals surface area contributed by atoms with E-state index in [-0.39, 0.29) is 0 Å². The fraction of sp³-hybridized carbons (Fsp3) is 0.120. The molecule has 0 unspecified atom stereocenters. The van der Waals surface area contributed by atoms with Crippen molar-refractivity contribution in [2.45, 2.75) is 13.5 Å². The van der Waals surface area contributed by atoms with Crippen molar-refractivity contribution in [1.82, 2.24) is 15.3 Å². The molecule has 0 radical (unpaired) electrons. The van der Waals surface area contributed by atoms with E-state index in [2.05, 4.69) is 77.7 Å². The van der Waals surface area contributed by atoms with Crippen molar-refractivity contribution in [2.24, 2.45) is 0 Å². The van der Waals surface area contributed by atoms with Crippen LogP contribution in [0.15, 0.2) is 85.8 Å². The lowest BCUT2D eigenvalue weighted by Crippen LogP contribution is -2.11. The maximum Gasteiger partial charge on any atom is 0.0761 e. The van der Waals surface area contributed by atoms with Gasteiger partial charge in [-0.05, 0) is 41.6 Å². The molecule has 4 rings (SSSR count). The van der Waals surface area contributed by atoms with Crippen molar-refractivity contribution >= 4 is 16.6 Å². The topological polar surface area (TPSA) is 49.8 Å². The molecule has 0 atom stereocenters. The van der Waals surface area contributed by atoms with Crippen molar-refractivity contribution in [3.05, 3.63) is 91.4 Å². The van der Waals surface area contributed by atoms with Crippen LogP contribution in [-0.2, 0) is 6.54 Å². The molecule has 0 aliphatic heterocycles. The van der Waals surface area contributed by atoms with Crippen LogP contribution in [0.3, 0.4) is 0 Å². The van der Waals surface area contributed by atoms with E-state index in [9.17, 15) is 0 Å². The Labute approximate surface area is 171 Å². The van der Waals surface area contributed by atoms with E-state index < -0.39 is 0 Å². The average Bonchev–Trinajstić information content (AvgIpc) is 2.78. The molecule has 2 aromatic carbocycles. The molecule has 144 valence electrons. The Bertz CT molecular complexity index is 1120. The Morgan fingerprint density at radius 2 is 1.62 bits per heavy atom. The number of hydrogen-bond acceptors (Lipinski definition) is 4. The summed E-state index contributed by atoms with van der Waals surface area (Å²) in [6.07, 6.45) is 5.26. The number of nitrogens with one attached hydrogen (secondary N) is 2. The second kappa shape index (κ2) is 8.67. The first-order chi connectivity index (χ1) is 14.3.